The summed E-state index contributed by atoms with van der Waals surface area (Å²) in [5, 5.41) is 2.84. The number of halogens is 4. The van der Waals surface area contributed by atoms with E-state index in [9.17, 15) is 22.5 Å². The van der Waals surface area contributed by atoms with Gasteiger partial charge in [-0.2, -0.15) is 17.6 Å². The molecule has 0 aliphatic carbocycles. The number of nitroso groups, excluding NO2 is 1. The molecule has 0 amide bonds. The van der Waals surface area contributed by atoms with Crippen molar-refractivity contribution in [3.8, 4) is 22.3 Å². The van der Waals surface area contributed by atoms with Gasteiger partial charge in [-0.05, 0) is 65.5 Å². The number of benzene rings is 2. The van der Waals surface area contributed by atoms with E-state index in [1.54, 1.807) is 25.1 Å². The SMILES string of the molecule is Cc1cnc(F)c(-c2c(-c3cccc(S)c3)cc(C(F)(F)F)c(C)c2N=O)c1. The predicted octanol–water partition coefficient (Wildman–Crippen LogP) is 6.88. The average Bonchev–Trinajstić information content (AvgIpc) is 2.62. The fourth-order valence-corrected chi connectivity index (χ4v) is 3.30. The number of hydrogen-bond acceptors (Lipinski definition) is 4. The molecule has 0 spiro atoms. The highest BCUT2D eigenvalue weighted by molar-refractivity contribution is 7.80. The van der Waals surface area contributed by atoms with Gasteiger partial charge in [0.1, 0.15) is 5.69 Å². The van der Waals surface area contributed by atoms with Gasteiger partial charge in [0.25, 0.3) is 0 Å². The van der Waals surface area contributed by atoms with E-state index in [1.165, 1.54) is 18.3 Å². The van der Waals surface area contributed by atoms with Crippen LogP contribution in [0.15, 0.2) is 52.7 Å². The molecular weight excluding hydrogens is 392 g/mol. The van der Waals surface area contributed by atoms with E-state index >= 15 is 0 Å². The molecule has 0 fully saturated rings. The number of pyridine rings is 1. The number of nitrogens with zero attached hydrogens (tertiary/aromatic N) is 2. The first-order valence-electron chi connectivity index (χ1n) is 8.13. The Morgan fingerprint density at radius 1 is 1.07 bits per heavy atom. The van der Waals surface area contributed by atoms with Gasteiger partial charge < -0.3 is 0 Å². The van der Waals surface area contributed by atoms with E-state index in [4.69, 9.17) is 0 Å². The summed E-state index contributed by atoms with van der Waals surface area (Å²) in [7, 11) is 0. The first-order valence-corrected chi connectivity index (χ1v) is 8.58. The summed E-state index contributed by atoms with van der Waals surface area (Å²) < 4.78 is 55.2. The van der Waals surface area contributed by atoms with Crippen LogP contribution >= 0.6 is 12.6 Å². The highest BCUT2D eigenvalue weighted by atomic mass is 32.1. The van der Waals surface area contributed by atoms with E-state index in [0.29, 0.717) is 16.0 Å². The molecule has 0 radical (unpaired) electrons. The van der Waals surface area contributed by atoms with Crippen LogP contribution in [0, 0.1) is 24.7 Å². The summed E-state index contributed by atoms with van der Waals surface area (Å²) in [4.78, 5) is 15.7. The predicted molar refractivity (Wildman–Crippen MR) is 102 cm³/mol. The van der Waals surface area contributed by atoms with Gasteiger partial charge in [-0.25, -0.2) is 4.98 Å². The Morgan fingerprint density at radius 2 is 1.79 bits per heavy atom. The van der Waals surface area contributed by atoms with Gasteiger partial charge in [0, 0.05) is 22.2 Å². The molecule has 0 atom stereocenters. The number of rotatable bonds is 3. The number of alkyl halides is 3. The molecule has 1 aromatic heterocycles. The molecule has 1 heterocycles. The number of thiol groups is 1. The molecule has 2 aromatic carbocycles. The summed E-state index contributed by atoms with van der Waals surface area (Å²) in [6.45, 7) is 2.80. The molecular formula is C20H14F4N2OS. The van der Waals surface area contributed by atoms with Crippen LogP contribution in [0.3, 0.4) is 0 Å². The Hall–Kier alpha value is -2.74. The lowest BCUT2D eigenvalue weighted by molar-refractivity contribution is -0.138. The van der Waals surface area contributed by atoms with Crippen LogP contribution in [-0.2, 0) is 6.18 Å². The van der Waals surface area contributed by atoms with Crippen LogP contribution in [0.2, 0.25) is 0 Å². The van der Waals surface area contributed by atoms with E-state index in [0.717, 1.165) is 13.0 Å². The molecule has 0 aliphatic heterocycles. The molecule has 0 N–H and O–H groups in total. The van der Waals surface area contributed by atoms with Crippen molar-refractivity contribution in [2.45, 2.75) is 24.9 Å². The van der Waals surface area contributed by atoms with E-state index < -0.39 is 23.4 Å². The first kappa shape index (κ1) is 20.0. The third kappa shape index (κ3) is 3.64. The Labute approximate surface area is 163 Å². The lowest BCUT2D eigenvalue weighted by Gasteiger charge is -2.19. The zero-order chi connectivity index (χ0) is 20.6. The summed E-state index contributed by atoms with van der Waals surface area (Å²) in [5.41, 5.74) is -1.02. The van der Waals surface area contributed by atoms with Gasteiger partial charge >= 0.3 is 6.18 Å². The van der Waals surface area contributed by atoms with Crippen molar-refractivity contribution in [1.29, 1.82) is 0 Å². The van der Waals surface area contributed by atoms with Crippen molar-refractivity contribution < 1.29 is 17.6 Å². The molecule has 0 unspecified atom stereocenters. The van der Waals surface area contributed by atoms with Crippen molar-refractivity contribution in [3.63, 3.8) is 0 Å². The highest BCUT2D eigenvalue weighted by Gasteiger charge is 2.36. The van der Waals surface area contributed by atoms with E-state index in [-0.39, 0.29) is 22.3 Å². The summed E-state index contributed by atoms with van der Waals surface area (Å²) in [5.74, 6) is -0.905. The molecule has 3 nitrogen and oxygen atoms in total. The average molecular weight is 406 g/mol. The molecule has 8 heteroatoms. The lowest BCUT2D eigenvalue weighted by atomic mass is 9.88. The van der Waals surface area contributed by atoms with Crippen molar-refractivity contribution in [2.24, 2.45) is 5.18 Å². The zero-order valence-electron chi connectivity index (χ0n) is 14.8. The second kappa shape index (κ2) is 7.35. The first-order chi connectivity index (χ1) is 13.1. The van der Waals surface area contributed by atoms with Gasteiger partial charge in [0.15, 0.2) is 0 Å². The minimum absolute atomic E-state index is 0.0229. The number of aryl methyl sites for hydroxylation is 1. The van der Waals surface area contributed by atoms with Crippen molar-refractivity contribution in [3.05, 3.63) is 70.1 Å². The molecule has 0 saturated heterocycles. The molecule has 144 valence electrons. The van der Waals surface area contributed by atoms with Crippen LogP contribution in [-0.4, -0.2) is 4.98 Å². The number of hydrogen-bond donors (Lipinski definition) is 1. The van der Waals surface area contributed by atoms with Crippen LogP contribution < -0.4 is 0 Å². The standard InChI is InChI=1S/C20H14F4N2OS/c1-10-6-15(19(21)25-9-10)17-14(12-4-3-5-13(28)7-12)8-16(20(22,23)24)11(2)18(17)26-27/h3-9,28H,1-2H3. The minimum atomic E-state index is -4.71. The number of aromatic nitrogens is 1. The second-order valence-corrected chi connectivity index (χ2v) is 6.83. The molecule has 0 bridgehead atoms. The van der Waals surface area contributed by atoms with Crippen molar-refractivity contribution >= 4 is 18.3 Å². The van der Waals surface area contributed by atoms with Crippen LogP contribution in [0.5, 0.6) is 0 Å². The van der Waals surface area contributed by atoms with Crippen molar-refractivity contribution in [2.75, 3.05) is 0 Å². The largest absolute Gasteiger partial charge is 0.416 e. The van der Waals surface area contributed by atoms with E-state index in [1.807, 2.05) is 0 Å². The van der Waals surface area contributed by atoms with Gasteiger partial charge in [-0.3, -0.25) is 0 Å². The Balaban J connectivity index is 2.51. The summed E-state index contributed by atoms with van der Waals surface area (Å²) in [6, 6.07) is 8.68. The third-order valence-corrected chi connectivity index (χ3v) is 4.63. The second-order valence-electron chi connectivity index (χ2n) is 6.31. The van der Waals surface area contributed by atoms with Crippen LogP contribution in [0.1, 0.15) is 16.7 Å². The zero-order valence-corrected chi connectivity index (χ0v) is 15.7. The quantitative estimate of drug-likeness (QED) is 0.223. The maximum Gasteiger partial charge on any atom is 0.416 e. The maximum absolute atomic E-state index is 14.5. The van der Waals surface area contributed by atoms with Gasteiger partial charge in [-0.15, -0.1) is 17.5 Å². The Bertz CT molecular complexity index is 1080. The fourth-order valence-electron chi connectivity index (χ4n) is 3.08. The monoisotopic (exact) mass is 406 g/mol. The van der Waals surface area contributed by atoms with Crippen LogP contribution in [0.4, 0.5) is 23.2 Å². The molecule has 3 rings (SSSR count). The smallest absolute Gasteiger partial charge is 0.228 e. The topological polar surface area (TPSA) is 42.3 Å². The highest BCUT2D eigenvalue weighted by Crippen LogP contribution is 2.47. The van der Waals surface area contributed by atoms with Gasteiger partial charge in [0.2, 0.25) is 5.95 Å². The fraction of sp³-hybridized carbons (Fsp3) is 0.150. The Morgan fingerprint density at radius 3 is 2.39 bits per heavy atom. The molecule has 28 heavy (non-hydrogen) atoms. The normalized spacial score (nSPS) is 11.5. The van der Waals surface area contributed by atoms with Gasteiger partial charge in [-0.1, -0.05) is 12.1 Å². The lowest BCUT2D eigenvalue weighted by Crippen LogP contribution is -2.09. The molecule has 0 saturated carbocycles. The summed E-state index contributed by atoms with van der Waals surface area (Å²) in [6.07, 6.45) is -3.42. The van der Waals surface area contributed by atoms with Crippen molar-refractivity contribution in [1.82, 2.24) is 4.98 Å². The van der Waals surface area contributed by atoms with Gasteiger partial charge in [0.05, 0.1) is 5.56 Å². The Kier molecular flexibility index (Phi) is 5.25. The van der Waals surface area contributed by atoms with E-state index in [2.05, 4.69) is 22.8 Å². The molecule has 3 aromatic rings. The minimum Gasteiger partial charge on any atom is -0.228 e. The van der Waals surface area contributed by atoms with Crippen LogP contribution in [0.25, 0.3) is 22.3 Å². The third-order valence-electron chi connectivity index (χ3n) is 4.35. The molecule has 0 aliphatic rings. The summed E-state index contributed by atoms with van der Waals surface area (Å²) >= 11 is 4.22. The maximum atomic E-state index is 14.5.